The summed E-state index contributed by atoms with van der Waals surface area (Å²) in [7, 11) is 0. The second-order valence-corrected chi connectivity index (χ2v) is 6.92. The number of aromatic nitrogens is 5. The lowest BCUT2D eigenvalue weighted by atomic mass is 10.1. The predicted octanol–water partition coefficient (Wildman–Crippen LogP) is 2.53. The van der Waals surface area contributed by atoms with Crippen molar-refractivity contribution in [1.29, 1.82) is 0 Å². The van der Waals surface area contributed by atoms with Crippen LogP contribution in [0.4, 0.5) is 0 Å². The van der Waals surface area contributed by atoms with Crippen LogP contribution >= 0.6 is 0 Å². The topological polar surface area (TPSA) is 129 Å². The van der Waals surface area contributed by atoms with Crippen molar-refractivity contribution in [2.24, 2.45) is 0 Å². The van der Waals surface area contributed by atoms with Crippen molar-refractivity contribution >= 4 is 29.5 Å². The Kier molecular flexibility index (Phi) is 6.93. The number of tetrazole rings is 1. The molecular formula is C22H23N5O5. The number of ether oxygens (including phenoxy) is 2. The zero-order valence-corrected chi connectivity index (χ0v) is 18.2. The van der Waals surface area contributed by atoms with Gasteiger partial charge in [0.15, 0.2) is 18.1 Å². The highest BCUT2D eigenvalue weighted by molar-refractivity contribution is 6.16. The lowest BCUT2D eigenvalue weighted by Gasteiger charge is -2.09. The van der Waals surface area contributed by atoms with Crippen LogP contribution in [0.2, 0.25) is 0 Å². The molecular weight excluding hydrogens is 414 g/mol. The summed E-state index contributed by atoms with van der Waals surface area (Å²) in [6.45, 7) is 6.33. The van der Waals surface area contributed by atoms with E-state index in [1.807, 2.05) is 18.2 Å². The van der Waals surface area contributed by atoms with Crippen LogP contribution in [0.15, 0.2) is 30.3 Å². The summed E-state index contributed by atoms with van der Waals surface area (Å²) in [6.07, 6.45) is 1.57. The van der Waals surface area contributed by atoms with Crippen LogP contribution < -0.4 is 0 Å². The Morgan fingerprint density at radius 3 is 2.44 bits per heavy atom. The Morgan fingerprint density at radius 1 is 1.09 bits per heavy atom. The maximum absolute atomic E-state index is 12.8. The average Bonchev–Trinajstić information content (AvgIpc) is 3.33. The van der Waals surface area contributed by atoms with E-state index in [2.05, 4.69) is 20.5 Å². The quantitative estimate of drug-likeness (QED) is 0.323. The number of nitrogens with zero attached hydrogens (tertiary/aromatic N) is 4. The van der Waals surface area contributed by atoms with Crippen molar-refractivity contribution in [3.05, 3.63) is 64.2 Å². The third-order valence-corrected chi connectivity index (χ3v) is 4.70. The van der Waals surface area contributed by atoms with E-state index < -0.39 is 24.3 Å². The molecule has 0 unspecified atom stereocenters. The monoisotopic (exact) mass is 437 g/mol. The number of ketones is 1. The van der Waals surface area contributed by atoms with Gasteiger partial charge in [-0.2, -0.15) is 4.68 Å². The number of aryl methyl sites for hydroxylation is 2. The van der Waals surface area contributed by atoms with Gasteiger partial charge < -0.3 is 14.5 Å². The van der Waals surface area contributed by atoms with Gasteiger partial charge in [0.1, 0.15) is 0 Å². The minimum Gasteiger partial charge on any atom is -0.462 e. The zero-order chi connectivity index (χ0) is 23.3. The fourth-order valence-corrected chi connectivity index (χ4v) is 3.18. The first-order valence-corrected chi connectivity index (χ1v) is 9.92. The van der Waals surface area contributed by atoms with Gasteiger partial charge in [0.2, 0.25) is 5.78 Å². The molecule has 10 nitrogen and oxygen atoms in total. The minimum atomic E-state index is -0.774. The van der Waals surface area contributed by atoms with E-state index in [9.17, 15) is 14.4 Å². The van der Waals surface area contributed by atoms with Gasteiger partial charge in [-0.25, -0.2) is 9.59 Å². The van der Waals surface area contributed by atoms with E-state index in [1.54, 1.807) is 45.9 Å². The largest absolute Gasteiger partial charge is 0.462 e. The predicted molar refractivity (Wildman–Crippen MR) is 115 cm³/mol. The molecule has 0 amide bonds. The van der Waals surface area contributed by atoms with Gasteiger partial charge in [0.05, 0.1) is 17.9 Å². The van der Waals surface area contributed by atoms with Crippen molar-refractivity contribution in [1.82, 2.24) is 25.2 Å². The number of benzene rings is 1. The highest BCUT2D eigenvalue weighted by atomic mass is 16.5. The van der Waals surface area contributed by atoms with Crippen LogP contribution in [0.3, 0.4) is 0 Å². The number of aromatic amines is 1. The molecule has 0 atom stereocenters. The summed E-state index contributed by atoms with van der Waals surface area (Å²) in [5, 5.41) is 11.2. The Morgan fingerprint density at radius 2 is 1.81 bits per heavy atom. The van der Waals surface area contributed by atoms with Crippen LogP contribution in [0.25, 0.3) is 11.8 Å². The van der Waals surface area contributed by atoms with Gasteiger partial charge in [-0.3, -0.25) is 4.79 Å². The molecule has 1 aromatic carbocycles. The van der Waals surface area contributed by atoms with Crippen LogP contribution in [0, 0.1) is 20.8 Å². The summed E-state index contributed by atoms with van der Waals surface area (Å²) < 4.78 is 11.5. The minimum absolute atomic E-state index is 0.0538. The molecule has 0 spiro atoms. The fraction of sp³-hybridized carbons (Fsp3) is 0.273. The molecule has 0 radical (unpaired) electrons. The lowest BCUT2D eigenvalue weighted by molar-refractivity contribution is -0.136. The van der Waals surface area contributed by atoms with Gasteiger partial charge >= 0.3 is 11.9 Å². The summed E-state index contributed by atoms with van der Waals surface area (Å²) in [6, 6.07) is 9.10. The number of Topliss-reactive ketones (excluding diaryl/α,β-unsaturated/α-hetero) is 1. The molecule has 0 aliphatic rings. The van der Waals surface area contributed by atoms with E-state index in [0.29, 0.717) is 22.6 Å². The first-order valence-electron chi connectivity index (χ1n) is 9.92. The molecule has 0 aliphatic heterocycles. The molecule has 10 heteroatoms. The first kappa shape index (κ1) is 22.6. The average molecular weight is 437 g/mol. The molecule has 0 saturated heterocycles. The normalized spacial score (nSPS) is 11.3. The molecule has 0 aliphatic carbocycles. The molecule has 0 saturated carbocycles. The second kappa shape index (κ2) is 9.82. The maximum Gasteiger partial charge on any atom is 0.357 e. The standard InChI is InChI=1S/C22H23N5O5/c1-5-31-22(30)19-13(2)20(23-14(19)3)18(28)12-32-21(29)17(27-15(4)24-25-26-27)11-16-9-7-6-8-10-16/h6-11,23H,5,12H2,1-4H3. The van der Waals surface area contributed by atoms with Gasteiger partial charge in [0.25, 0.3) is 0 Å². The number of rotatable bonds is 8. The molecule has 3 rings (SSSR count). The highest BCUT2D eigenvalue weighted by Crippen LogP contribution is 2.20. The van der Waals surface area contributed by atoms with Crippen molar-refractivity contribution < 1.29 is 23.9 Å². The first-order chi connectivity index (χ1) is 15.3. The second-order valence-electron chi connectivity index (χ2n) is 6.92. The van der Waals surface area contributed by atoms with Gasteiger partial charge in [0, 0.05) is 5.69 Å². The summed E-state index contributed by atoms with van der Waals surface area (Å²) >= 11 is 0. The van der Waals surface area contributed by atoms with E-state index in [-0.39, 0.29) is 18.0 Å². The number of carbonyl (C=O) groups is 3. The van der Waals surface area contributed by atoms with Gasteiger partial charge in [-0.05, 0) is 55.3 Å². The number of H-pyrrole nitrogens is 1. The molecule has 3 aromatic rings. The Labute approximate surface area is 184 Å². The van der Waals surface area contributed by atoms with Crippen molar-refractivity contribution in [2.45, 2.75) is 27.7 Å². The Balaban J connectivity index is 1.81. The van der Waals surface area contributed by atoms with Crippen molar-refractivity contribution in [3.8, 4) is 0 Å². The molecule has 2 heterocycles. The van der Waals surface area contributed by atoms with E-state index in [0.717, 1.165) is 5.56 Å². The zero-order valence-electron chi connectivity index (χ0n) is 18.2. The summed E-state index contributed by atoms with van der Waals surface area (Å²) in [5.41, 5.74) is 2.22. The third kappa shape index (κ3) is 4.80. The van der Waals surface area contributed by atoms with E-state index in [1.165, 1.54) is 4.68 Å². The molecule has 0 bridgehead atoms. The highest BCUT2D eigenvalue weighted by Gasteiger charge is 2.25. The molecule has 166 valence electrons. The van der Waals surface area contributed by atoms with Crippen molar-refractivity contribution in [2.75, 3.05) is 13.2 Å². The van der Waals surface area contributed by atoms with Crippen molar-refractivity contribution in [3.63, 3.8) is 0 Å². The fourth-order valence-electron chi connectivity index (χ4n) is 3.18. The molecule has 1 N–H and O–H groups in total. The third-order valence-electron chi connectivity index (χ3n) is 4.70. The lowest BCUT2D eigenvalue weighted by Crippen LogP contribution is -2.19. The Hall–Kier alpha value is -4.08. The smallest absolute Gasteiger partial charge is 0.357 e. The van der Waals surface area contributed by atoms with E-state index >= 15 is 0 Å². The Bertz CT molecular complexity index is 1180. The number of esters is 2. The molecule has 0 fully saturated rings. The van der Waals surface area contributed by atoms with Crippen LogP contribution in [0.5, 0.6) is 0 Å². The summed E-state index contributed by atoms with van der Waals surface area (Å²) in [4.78, 5) is 40.6. The molecule has 2 aromatic heterocycles. The number of hydrogen-bond acceptors (Lipinski definition) is 8. The molecule has 32 heavy (non-hydrogen) atoms. The van der Waals surface area contributed by atoms with Crippen LogP contribution in [0.1, 0.15) is 50.4 Å². The van der Waals surface area contributed by atoms with Crippen LogP contribution in [-0.4, -0.2) is 56.1 Å². The summed E-state index contributed by atoms with van der Waals surface area (Å²) in [5.74, 6) is -1.39. The van der Waals surface area contributed by atoms with Gasteiger partial charge in [-0.15, -0.1) is 5.10 Å². The van der Waals surface area contributed by atoms with Crippen LogP contribution in [-0.2, 0) is 14.3 Å². The van der Waals surface area contributed by atoms with E-state index in [4.69, 9.17) is 9.47 Å². The number of nitrogens with one attached hydrogen (secondary N) is 1. The number of hydrogen-bond donors (Lipinski definition) is 1. The van der Waals surface area contributed by atoms with Gasteiger partial charge in [-0.1, -0.05) is 30.3 Å². The maximum atomic E-state index is 12.8. The number of carbonyl (C=O) groups excluding carboxylic acids is 3. The SMILES string of the molecule is CCOC(=O)c1c(C)[nH]c(C(=O)COC(=O)C(=Cc2ccccc2)n2nnnc2C)c1C.